The summed E-state index contributed by atoms with van der Waals surface area (Å²) in [6.07, 6.45) is 0.927. The van der Waals surface area contributed by atoms with Gasteiger partial charge in [-0.2, -0.15) is 0 Å². The maximum absolute atomic E-state index is 11.4. The second-order valence-corrected chi connectivity index (χ2v) is 5.27. The Labute approximate surface area is 124 Å². The lowest BCUT2D eigenvalue weighted by Gasteiger charge is -2.17. The van der Waals surface area contributed by atoms with E-state index in [1.165, 1.54) is 5.56 Å². The van der Waals surface area contributed by atoms with Crippen molar-refractivity contribution in [3.63, 3.8) is 0 Å². The zero-order valence-corrected chi connectivity index (χ0v) is 12.3. The van der Waals surface area contributed by atoms with E-state index in [4.69, 9.17) is 0 Å². The van der Waals surface area contributed by atoms with Crippen LogP contribution in [0.25, 0.3) is 10.9 Å². The molecule has 0 fully saturated rings. The molecule has 3 nitrogen and oxygen atoms in total. The van der Waals surface area contributed by atoms with E-state index in [0.29, 0.717) is 5.69 Å². The summed E-state index contributed by atoms with van der Waals surface area (Å²) in [6.45, 7) is 2.14. The van der Waals surface area contributed by atoms with Crippen molar-refractivity contribution in [2.24, 2.45) is 12.2 Å². The van der Waals surface area contributed by atoms with Gasteiger partial charge in [0, 0.05) is 18.4 Å². The highest BCUT2D eigenvalue weighted by Crippen LogP contribution is 2.40. The van der Waals surface area contributed by atoms with E-state index in [-0.39, 0.29) is 5.92 Å². The lowest BCUT2D eigenvalue weighted by Crippen LogP contribution is -2.05. The van der Waals surface area contributed by atoms with E-state index in [9.17, 15) is 4.91 Å². The van der Waals surface area contributed by atoms with Crippen molar-refractivity contribution in [1.29, 1.82) is 0 Å². The molecule has 1 atom stereocenters. The molecule has 21 heavy (non-hydrogen) atoms. The third kappa shape index (κ3) is 2.15. The van der Waals surface area contributed by atoms with E-state index < -0.39 is 0 Å². The van der Waals surface area contributed by atoms with Crippen LogP contribution in [-0.2, 0) is 7.05 Å². The number of fused-ring (bicyclic) bond motifs is 1. The third-order valence-corrected chi connectivity index (χ3v) is 4.16. The lowest BCUT2D eigenvalue weighted by atomic mass is 9.92. The summed E-state index contributed by atoms with van der Waals surface area (Å²) in [7, 11) is 2.01. The Morgan fingerprint density at radius 1 is 1.05 bits per heavy atom. The number of aryl methyl sites for hydroxylation is 1. The van der Waals surface area contributed by atoms with Crippen LogP contribution in [0.15, 0.2) is 59.8 Å². The van der Waals surface area contributed by atoms with E-state index in [0.717, 1.165) is 23.0 Å². The second-order valence-electron chi connectivity index (χ2n) is 5.27. The van der Waals surface area contributed by atoms with Crippen LogP contribution in [0.4, 0.5) is 5.69 Å². The number of para-hydroxylation sites is 1. The molecule has 106 valence electrons. The largest absolute Gasteiger partial charge is 0.345 e. The van der Waals surface area contributed by atoms with Crippen LogP contribution < -0.4 is 0 Å². The Bertz CT molecular complexity index is 775. The summed E-state index contributed by atoms with van der Waals surface area (Å²) in [5.74, 6) is 0.177. The molecule has 0 aliphatic heterocycles. The molecule has 0 amide bonds. The molecule has 1 unspecified atom stereocenters. The quantitative estimate of drug-likeness (QED) is 0.610. The minimum absolute atomic E-state index is 0.177. The Hall–Kier alpha value is -2.42. The Kier molecular flexibility index (Phi) is 3.57. The normalized spacial score (nSPS) is 12.5. The van der Waals surface area contributed by atoms with Gasteiger partial charge in [-0.1, -0.05) is 55.5 Å². The van der Waals surface area contributed by atoms with Crippen LogP contribution in [0, 0.1) is 4.91 Å². The van der Waals surface area contributed by atoms with E-state index in [2.05, 4.69) is 28.8 Å². The summed E-state index contributed by atoms with van der Waals surface area (Å²) < 4.78 is 2.10. The molecule has 2 aromatic carbocycles. The number of hydrogen-bond acceptors (Lipinski definition) is 2. The standard InChI is InChI=1S/C18H18N2O/c1-3-14(13-9-5-4-6-10-13)18-17(19-21)15-11-7-8-12-16(15)20(18)2/h4-12,14H,3H2,1-2H3. The van der Waals surface area contributed by atoms with Gasteiger partial charge in [0.15, 0.2) is 0 Å². The molecule has 3 heteroatoms. The van der Waals surface area contributed by atoms with Crippen molar-refractivity contribution >= 4 is 16.6 Å². The fraction of sp³-hybridized carbons (Fsp3) is 0.222. The Balaban J connectivity index is 2.28. The monoisotopic (exact) mass is 278 g/mol. The first kappa shape index (κ1) is 13.6. The van der Waals surface area contributed by atoms with Gasteiger partial charge < -0.3 is 4.57 Å². The van der Waals surface area contributed by atoms with Gasteiger partial charge in [0.1, 0.15) is 5.69 Å². The zero-order chi connectivity index (χ0) is 14.8. The predicted molar refractivity (Wildman–Crippen MR) is 87.0 cm³/mol. The van der Waals surface area contributed by atoms with Crippen molar-refractivity contribution in [3.8, 4) is 0 Å². The van der Waals surface area contributed by atoms with E-state index >= 15 is 0 Å². The van der Waals surface area contributed by atoms with Gasteiger partial charge in [-0.25, -0.2) is 0 Å². The minimum Gasteiger partial charge on any atom is -0.345 e. The predicted octanol–water partition coefficient (Wildman–Crippen LogP) is 5.12. The van der Waals surface area contributed by atoms with Crippen molar-refractivity contribution in [1.82, 2.24) is 4.57 Å². The number of aromatic nitrogens is 1. The molecule has 0 aliphatic carbocycles. The highest BCUT2D eigenvalue weighted by atomic mass is 16.3. The highest BCUT2D eigenvalue weighted by Gasteiger charge is 2.23. The average Bonchev–Trinajstić information content (AvgIpc) is 2.82. The van der Waals surface area contributed by atoms with Gasteiger partial charge in [-0.3, -0.25) is 0 Å². The molecule has 0 aliphatic rings. The van der Waals surface area contributed by atoms with Crippen LogP contribution in [0.5, 0.6) is 0 Å². The molecule has 3 aromatic rings. The zero-order valence-electron chi connectivity index (χ0n) is 12.3. The van der Waals surface area contributed by atoms with Crippen molar-refractivity contribution < 1.29 is 0 Å². The second kappa shape index (κ2) is 5.52. The summed E-state index contributed by atoms with van der Waals surface area (Å²) in [6, 6.07) is 18.2. The van der Waals surface area contributed by atoms with Gasteiger partial charge in [-0.15, -0.1) is 4.91 Å². The number of benzene rings is 2. The van der Waals surface area contributed by atoms with E-state index in [1.807, 2.05) is 49.5 Å². The van der Waals surface area contributed by atoms with Gasteiger partial charge in [0.05, 0.1) is 11.2 Å². The first-order valence-electron chi connectivity index (χ1n) is 7.23. The van der Waals surface area contributed by atoms with Gasteiger partial charge in [0.25, 0.3) is 0 Å². The van der Waals surface area contributed by atoms with Crippen LogP contribution in [0.2, 0.25) is 0 Å². The molecular weight excluding hydrogens is 260 g/mol. The molecule has 0 bridgehead atoms. The highest BCUT2D eigenvalue weighted by molar-refractivity contribution is 5.94. The van der Waals surface area contributed by atoms with Gasteiger partial charge in [0.2, 0.25) is 0 Å². The summed E-state index contributed by atoms with van der Waals surface area (Å²) in [4.78, 5) is 11.4. The van der Waals surface area contributed by atoms with Crippen LogP contribution in [0.1, 0.15) is 30.5 Å². The smallest absolute Gasteiger partial charge is 0.137 e. The number of rotatable bonds is 4. The van der Waals surface area contributed by atoms with Gasteiger partial charge >= 0.3 is 0 Å². The summed E-state index contributed by atoms with van der Waals surface area (Å²) in [5.41, 5.74) is 3.84. The van der Waals surface area contributed by atoms with E-state index in [1.54, 1.807) is 0 Å². The first-order valence-corrected chi connectivity index (χ1v) is 7.23. The van der Waals surface area contributed by atoms with Crippen LogP contribution >= 0.6 is 0 Å². The fourth-order valence-corrected chi connectivity index (χ4v) is 3.16. The molecule has 0 saturated carbocycles. The lowest BCUT2D eigenvalue weighted by molar-refractivity contribution is 0.708. The molecule has 1 aromatic heterocycles. The molecule has 3 rings (SSSR count). The van der Waals surface area contributed by atoms with Crippen LogP contribution in [-0.4, -0.2) is 4.57 Å². The summed E-state index contributed by atoms with van der Waals surface area (Å²) in [5, 5.41) is 4.27. The van der Waals surface area contributed by atoms with Crippen molar-refractivity contribution in [2.45, 2.75) is 19.3 Å². The SMILES string of the molecule is CCC(c1ccccc1)c1c(N=O)c2ccccc2n1C. The molecule has 1 heterocycles. The minimum atomic E-state index is 0.177. The number of nitrogens with zero attached hydrogens (tertiary/aromatic N) is 2. The molecular formula is C18H18N2O. The maximum atomic E-state index is 11.4. The fourth-order valence-electron chi connectivity index (χ4n) is 3.16. The molecule has 0 saturated heterocycles. The summed E-state index contributed by atoms with van der Waals surface area (Å²) >= 11 is 0. The number of hydrogen-bond donors (Lipinski definition) is 0. The van der Waals surface area contributed by atoms with Gasteiger partial charge in [-0.05, 0) is 23.2 Å². The maximum Gasteiger partial charge on any atom is 0.137 e. The van der Waals surface area contributed by atoms with Crippen LogP contribution in [0.3, 0.4) is 0 Å². The Morgan fingerprint density at radius 2 is 1.71 bits per heavy atom. The average molecular weight is 278 g/mol. The molecule has 0 radical (unpaired) electrons. The molecule has 0 N–H and O–H groups in total. The molecule has 0 spiro atoms. The topological polar surface area (TPSA) is 34.4 Å². The first-order chi connectivity index (χ1) is 10.3. The van der Waals surface area contributed by atoms with Crippen molar-refractivity contribution in [2.75, 3.05) is 0 Å². The third-order valence-electron chi connectivity index (χ3n) is 4.16. The number of nitroso groups, excluding NO2 is 1. The Morgan fingerprint density at radius 3 is 2.38 bits per heavy atom. The van der Waals surface area contributed by atoms with Crippen molar-refractivity contribution in [3.05, 3.63) is 70.8 Å².